The van der Waals surface area contributed by atoms with E-state index in [1.54, 1.807) is 6.07 Å². The molecular formula is C13H14F2N4O. The predicted molar refractivity (Wildman–Crippen MR) is 70.3 cm³/mol. The highest BCUT2D eigenvalue weighted by atomic mass is 19.1. The molecule has 0 aliphatic rings. The normalized spacial score (nSPS) is 10.8. The van der Waals surface area contributed by atoms with Crippen molar-refractivity contribution in [1.82, 2.24) is 15.1 Å². The van der Waals surface area contributed by atoms with Crippen LogP contribution in [-0.2, 0) is 6.54 Å². The summed E-state index contributed by atoms with van der Waals surface area (Å²) in [5.41, 5.74) is 0.577. The van der Waals surface area contributed by atoms with Gasteiger partial charge in [-0.05, 0) is 26.2 Å². The Morgan fingerprint density at radius 2 is 2.10 bits per heavy atom. The Balaban J connectivity index is 2.09. The molecule has 2 N–H and O–H groups in total. The average molecular weight is 280 g/mol. The number of hydrogen-bond acceptors (Lipinski definition) is 3. The minimum Gasteiger partial charge on any atom is -0.305 e. The number of aromatic amines is 1. The van der Waals surface area contributed by atoms with Gasteiger partial charge in [0.1, 0.15) is 11.6 Å². The first kappa shape index (κ1) is 14.1. The fraction of sp³-hybridized carbons (Fsp3) is 0.231. The summed E-state index contributed by atoms with van der Waals surface area (Å²) in [6, 6.07) is 4.43. The second-order valence-corrected chi connectivity index (χ2v) is 4.59. The van der Waals surface area contributed by atoms with Gasteiger partial charge in [-0.25, -0.2) is 8.78 Å². The molecule has 0 unspecified atom stereocenters. The number of halogens is 2. The molecule has 0 aliphatic carbocycles. The molecule has 1 heterocycles. The molecule has 2 aromatic rings. The van der Waals surface area contributed by atoms with E-state index < -0.39 is 17.5 Å². The number of rotatable bonds is 4. The lowest BCUT2D eigenvalue weighted by molar-refractivity contribution is 0.102. The maximum atomic E-state index is 13.4. The quantitative estimate of drug-likeness (QED) is 0.900. The molecule has 7 heteroatoms. The number of H-pyrrole nitrogens is 1. The molecule has 0 aliphatic heterocycles. The van der Waals surface area contributed by atoms with Crippen LogP contribution in [0.1, 0.15) is 16.1 Å². The van der Waals surface area contributed by atoms with Crippen LogP contribution in [0.15, 0.2) is 24.3 Å². The van der Waals surface area contributed by atoms with Crippen molar-refractivity contribution in [3.8, 4) is 0 Å². The Hall–Kier alpha value is -2.28. The van der Waals surface area contributed by atoms with Gasteiger partial charge in [-0.2, -0.15) is 5.10 Å². The lowest BCUT2D eigenvalue weighted by atomic mass is 10.2. The molecule has 5 nitrogen and oxygen atoms in total. The van der Waals surface area contributed by atoms with Crippen LogP contribution in [0.4, 0.5) is 14.6 Å². The van der Waals surface area contributed by atoms with Crippen LogP contribution in [0.5, 0.6) is 0 Å². The van der Waals surface area contributed by atoms with E-state index in [2.05, 4.69) is 15.5 Å². The summed E-state index contributed by atoms with van der Waals surface area (Å²) < 4.78 is 26.2. The van der Waals surface area contributed by atoms with Crippen LogP contribution >= 0.6 is 0 Å². The largest absolute Gasteiger partial charge is 0.305 e. The van der Waals surface area contributed by atoms with Crippen LogP contribution < -0.4 is 5.32 Å². The lowest BCUT2D eigenvalue weighted by Gasteiger charge is -2.05. The van der Waals surface area contributed by atoms with Crippen molar-refractivity contribution in [3.63, 3.8) is 0 Å². The zero-order valence-electron chi connectivity index (χ0n) is 11.1. The Morgan fingerprint density at radius 3 is 2.75 bits per heavy atom. The SMILES string of the molecule is CN(C)Cc1cc(NC(=O)c2ccc(F)cc2F)n[nH]1. The van der Waals surface area contributed by atoms with Crippen molar-refractivity contribution in [2.75, 3.05) is 19.4 Å². The molecule has 106 valence electrons. The maximum absolute atomic E-state index is 13.4. The van der Waals surface area contributed by atoms with E-state index in [-0.39, 0.29) is 11.4 Å². The molecule has 2 rings (SSSR count). The number of aromatic nitrogens is 2. The molecular weight excluding hydrogens is 266 g/mol. The summed E-state index contributed by atoms with van der Waals surface area (Å²) in [6.45, 7) is 0.633. The maximum Gasteiger partial charge on any atom is 0.259 e. The summed E-state index contributed by atoms with van der Waals surface area (Å²) in [7, 11) is 3.79. The Kier molecular flexibility index (Phi) is 4.09. The number of anilines is 1. The third-order valence-corrected chi connectivity index (χ3v) is 2.53. The van der Waals surface area contributed by atoms with Gasteiger partial charge >= 0.3 is 0 Å². The third kappa shape index (κ3) is 3.39. The van der Waals surface area contributed by atoms with Gasteiger partial charge in [0, 0.05) is 18.7 Å². The first-order chi connectivity index (χ1) is 9.45. The molecule has 0 fully saturated rings. The van der Waals surface area contributed by atoms with Crippen LogP contribution in [0.3, 0.4) is 0 Å². The molecule has 1 aromatic heterocycles. The fourth-order valence-electron chi connectivity index (χ4n) is 1.70. The highest BCUT2D eigenvalue weighted by molar-refractivity contribution is 6.03. The zero-order chi connectivity index (χ0) is 14.7. The summed E-state index contributed by atoms with van der Waals surface area (Å²) in [4.78, 5) is 13.8. The van der Waals surface area contributed by atoms with E-state index >= 15 is 0 Å². The highest BCUT2D eigenvalue weighted by Gasteiger charge is 2.14. The van der Waals surface area contributed by atoms with Crippen LogP contribution in [-0.4, -0.2) is 35.1 Å². The number of benzene rings is 1. The second kappa shape index (κ2) is 5.79. The molecule has 0 radical (unpaired) electrons. The smallest absolute Gasteiger partial charge is 0.259 e. The minimum absolute atomic E-state index is 0.233. The summed E-state index contributed by atoms with van der Waals surface area (Å²) >= 11 is 0. The number of amides is 1. The lowest BCUT2D eigenvalue weighted by Crippen LogP contribution is -2.14. The number of carbonyl (C=O) groups is 1. The summed E-state index contributed by atoms with van der Waals surface area (Å²) in [6.07, 6.45) is 0. The van der Waals surface area contributed by atoms with Gasteiger partial charge < -0.3 is 10.2 Å². The van der Waals surface area contributed by atoms with Gasteiger partial charge in [-0.1, -0.05) is 0 Å². The van der Waals surface area contributed by atoms with E-state index in [1.165, 1.54) is 0 Å². The van der Waals surface area contributed by atoms with Crippen molar-refractivity contribution in [2.45, 2.75) is 6.54 Å². The van der Waals surface area contributed by atoms with Crippen molar-refractivity contribution in [1.29, 1.82) is 0 Å². The van der Waals surface area contributed by atoms with E-state index in [1.807, 2.05) is 19.0 Å². The number of nitrogens with zero attached hydrogens (tertiary/aromatic N) is 2. The Morgan fingerprint density at radius 1 is 1.35 bits per heavy atom. The second-order valence-electron chi connectivity index (χ2n) is 4.59. The molecule has 0 saturated heterocycles. The van der Waals surface area contributed by atoms with E-state index in [0.29, 0.717) is 12.6 Å². The van der Waals surface area contributed by atoms with Crippen LogP contribution in [0.2, 0.25) is 0 Å². The first-order valence-electron chi connectivity index (χ1n) is 5.91. The van der Waals surface area contributed by atoms with E-state index in [9.17, 15) is 13.6 Å². The standard InChI is InChI=1S/C13H14F2N4O/c1-19(2)7-9-6-12(18-17-9)16-13(20)10-4-3-8(14)5-11(10)15/h3-6H,7H2,1-2H3,(H2,16,17,18,20). The Labute approximate surface area is 114 Å². The summed E-state index contributed by atoms with van der Waals surface area (Å²) in [5, 5.41) is 9.11. The summed E-state index contributed by atoms with van der Waals surface area (Å²) in [5.74, 6) is -2.03. The molecule has 0 saturated carbocycles. The molecule has 1 amide bonds. The van der Waals surface area contributed by atoms with Crippen molar-refractivity contribution < 1.29 is 13.6 Å². The van der Waals surface area contributed by atoms with Gasteiger partial charge in [0.25, 0.3) is 5.91 Å². The van der Waals surface area contributed by atoms with E-state index in [0.717, 1.165) is 17.8 Å². The van der Waals surface area contributed by atoms with Gasteiger partial charge in [0.05, 0.1) is 11.3 Å². The molecule has 0 atom stereocenters. The van der Waals surface area contributed by atoms with Gasteiger partial charge in [0.2, 0.25) is 0 Å². The molecule has 0 spiro atoms. The van der Waals surface area contributed by atoms with Crippen molar-refractivity contribution in [3.05, 3.63) is 47.2 Å². The third-order valence-electron chi connectivity index (χ3n) is 2.53. The van der Waals surface area contributed by atoms with Crippen molar-refractivity contribution in [2.24, 2.45) is 0 Å². The molecule has 20 heavy (non-hydrogen) atoms. The Bertz CT molecular complexity index is 625. The van der Waals surface area contributed by atoms with Crippen LogP contribution in [0.25, 0.3) is 0 Å². The minimum atomic E-state index is -0.911. The first-order valence-corrected chi connectivity index (χ1v) is 5.91. The average Bonchev–Trinajstić information content (AvgIpc) is 2.75. The van der Waals surface area contributed by atoms with Gasteiger partial charge in [0.15, 0.2) is 5.82 Å². The van der Waals surface area contributed by atoms with Crippen LogP contribution in [0, 0.1) is 11.6 Å². The predicted octanol–water partition coefficient (Wildman–Crippen LogP) is 2.00. The highest BCUT2D eigenvalue weighted by Crippen LogP contribution is 2.13. The van der Waals surface area contributed by atoms with Gasteiger partial charge in [-0.3, -0.25) is 9.89 Å². The molecule has 0 bridgehead atoms. The number of hydrogen-bond donors (Lipinski definition) is 2. The number of nitrogens with one attached hydrogen (secondary N) is 2. The topological polar surface area (TPSA) is 61.0 Å². The zero-order valence-corrected chi connectivity index (χ0v) is 11.1. The number of carbonyl (C=O) groups excluding carboxylic acids is 1. The fourth-order valence-corrected chi connectivity index (χ4v) is 1.70. The van der Waals surface area contributed by atoms with Gasteiger partial charge in [-0.15, -0.1) is 0 Å². The monoisotopic (exact) mass is 280 g/mol. The van der Waals surface area contributed by atoms with Crippen molar-refractivity contribution >= 4 is 11.7 Å². The van der Waals surface area contributed by atoms with E-state index in [4.69, 9.17) is 0 Å². The molecule has 1 aromatic carbocycles.